The molecule has 0 spiro atoms. The molecule has 24 heavy (non-hydrogen) atoms. The van der Waals surface area contributed by atoms with Crippen LogP contribution in [0.25, 0.3) is 10.9 Å². The molecule has 4 nitrogen and oxygen atoms in total. The molecule has 2 aromatic heterocycles. The van der Waals surface area contributed by atoms with Gasteiger partial charge in [-0.25, -0.2) is 4.98 Å². The number of fused-ring (bicyclic) bond motifs is 1. The number of rotatable bonds is 4. The predicted octanol–water partition coefficient (Wildman–Crippen LogP) is 4.47. The molecule has 0 radical (unpaired) electrons. The molecule has 1 unspecified atom stereocenters. The van der Waals surface area contributed by atoms with E-state index in [0.29, 0.717) is 0 Å². The van der Waals surface area contributed by atoms with Gasteiger partial charge in [0.05, 0.1) is 6.04 Å². The standard InChI is InChI=1S/C20H17N3O/c24-15-10-8-14(9-11-15)20(23-19-7-3-4-12-21-19)17-13-22-18-6-2-1-5-16(17)18/h1-13,20,22,24H,(H,21,23). The summed E-state index contributed by atoms with van der Waals surface area (Å²) in [7, 11) is 0. The molecule has 0 aliphatic carbocycles. The van der Waals surface area contributed by atoms with Gasteiger partial charge in [0, 0.05) is 28.9 Å². The summed E-state index contributed by atoms with van der Waals surface area (Å²) in [6.45, 7) is 0. The van der Waals surface area contributed by atoms with Crippen molar-refractivity contribution < 1.29 is 5.11 Å². The number of nitrogens with zero attached hydrogens (tertiary/aromatic N) is 1. The second-order valence-corrected chi connectivity index (χ2v) is 5.67. The summed E-state index contributed by atoms with van der Waals surface area (Å²) in [5.74, 6) is 1.06. The van der Waals surface area contributed by atoms with Crippen LogP contribution in [0.15, 0.2) is 79.1 Å². The van der Waals surface area contributed by atoms with E-state index in [1.165, 1.54) is 5.39 Å². The fourth-order valence-corrected chi connectivity index (χ4v) is 2.94. The van der Waals surface area contributed by atoms with Crippen LogP contribution in [-0.4, -0.2) is 15.1 Å². The maximum Gasteiger partial charge on any atom is 0.126 e. The lowest BCUT2D eigenvalue weighted by Crippen LogP contribution is -2.12. The molecule has 2 aromatic carbocycles. The van der Waals surface area contributed by atoms with Gasteiger partial charge in [0.2, 0.25) is 0 Å². The second-order valence-electron chi connectivity index (χ2n) is 5.67. The molecular weight excluding hydrogens is 298 g/mol. The van der Waals surface area contributed by atoms with Crippen LogP contribution in [0.3, 0.4) is 0 Å². The highest BCUT2D eigenvalue weighted by Crippen LogP contribution is 2.32. The zero-order valence-electron chi connectivity index (χ0n) is 13.0. The van der Waals surface area contributed by atoms with Gasteiger partial charge in [-0.05, 0) is 35.9 Å². The quantitative estimate of drug-likeness (QED) is 0.521. The minimum atomic E-state index is -0.0725. The third kappa shape index (κ3) is 2.70. The zero-order valence-corrected chi connectivity index (χ0v) is 13.0. The molecular formula is C20H17N3O. The number of hydrogen-bond acceptors (Lipinski definition) is 3. The largest absolute Gasteiger partial charge is 0.508 e. The lowest BCUT2D eigenvalue weighted by molar-refractivity contribution is 0.475. The molecule has 0 amide bonds. The maximum absolute atomic E-state index is 9.59. The molecule has 0 bridgehead atoms. The molecule has 0 saturated carbocycles. The van der Waals surface area contributed by atoms with Crippen molar-refractivity contribution in [2.75, 3.05) is 5.32 Å². The van der Waals surface area contributed by atoms with E-state index in [1.54, 1.807) is 18.3 Å². The normalized spacial score (nSPS) is 12.2. The van der Waals surface area contributed by atoms with Crippen molar-refractivity contribution in [2.45, 2.75) is 6.04 Å². The van der Waals surface area contributed by atoms with Crippen LogP contribution in [0.1, 0.15) is 17.2 Å². The van der Waals surface area contributed by atoms with Gasteiger partial charge < -0.3 is 15.4 Å². The van der Waals surface area contributed by atoms with Gasteiger partial charge in [-0.1, -0.05) is 36.4 Å². The second kappa shape index (κ2) is 6.08. The zero-order chi connectivity index (χ0) is 16.4. The minimum absolute atomic E-state index is 0.0725. The third-order valence-corrected chi connectivity index (χ3v) is 4.12. The van der Waals surface area contributed by atoms with Crippen LogP contribution in [0.5, 0.6) is 5.75 Å². The Morgan fingerprint density at radius 1 is 0.917 bits per heavy atom. The Hall–Kier alpha value is -3.27. The molecule has 3 N–H and O–H groups in total. The number of nitrogens with one attached hydrogen (secondary N) is 2. The van der Waals surface area contributed by atoms with Crippen LogP contribution in [0, 0.1) is 0 Å². The van der Waals surface area contributed by atoms with E-state index < -0.39 is 0 Å². The Labute approximate surface area is 139 Å². The lowest BCUT2D eigenvalue weighted by Gasteiger charge is -2.20. The molecule has 4 aromatic rings. The van der Waals surface area contributed by atoms with E-state index in [2.05, 4.69) is 27.4 Å². The number of H-pyrrole nitrogens is 1. The third-order valence-electron chi connectivity index (χ3n) is 4.12. The number of aromatic nitrogens is 2. The van der Waals surface area contributed by atoms with Gasteiger partial charge in [0.1, 0.15) is 11.6 Å². The van der Waals surface area contributed by atoms with Crippen molar-refractivity contribution >= 4 is 16.7 Å². The molecule has 0 aliphatic rings. The first-order chi connectivity index (χ1) is 11.8. The van der Waals surface area contributed by atoms with Crippen molar-refractivity contribution in [3.63, 3.8) is 0 Å². The van der Waals surface area contributed by atoms with E-state index >= 15 is 0 Å². The SMILES string of the molecule is Oc1ccc(C(Nc2ccccn2)c2c[nH]c3ccccc23)cc1. The summed E-state index contributed by atoms with van der Waals surface area (Å²) >= 11 is 0. The number of phenols is 1. The van der Waals surface area contributed by atoms with Gasteiger partial charge in [0.15, 0.2) is 0 Å². The average molecular weight is 315 g/mol. The Bertz CT molecular complexity index is 945. The number of phenolic OH excluding ortho intramolecular Hbond substituents is 1. The molecule has 0 saturated heterocycles. The lowest BCUT2D eigenvalue weighted by atomic mass is 9.98. The summed E-state index contributed by atoms with van der Waals surface area (Å²) in [5, 5.41) is 14.3. The van der Waals surface area contributed by atoms with Crippen molar-refractivity contribution in [3.8, 4) is 5.75 Å². The molecule has 118 valence electrons. The highest BCUT2D eigenvalue weighted by molar-refractivity contribution is 5.84. The smallest absolute Gasteiger partial charge is 0.126 e. The van der Waals surface area contributed by atoms with E-state index in [0.717, 1.165) is 22.5 Å². The fourth-order valence-electron chi connectivity index (χ4n) is 2.94. The maximum atomic E-state index is 9.59. The number of aromatic hydroxyl groups is 1. The summed E-state index contributed by atoms with van der Waals surface area (Å²) < 4.78 is 0. The summed E-state index contributed by atoms with van der Waals surface area (Å²) in [5.41, 5.74) is 3.30. The van der Waals surface area contributed by atoms with Crippen molar-refractivity contribution in [1.29, 1.82) is 0 Å². The minimum Gasteiger partial charge on any atom is -0.508 e. The first kappa shape index (κ1) is 14.3. The summed E-state index contributed by atoms with van der Waals surface area (Å²) in [4.78, 5) is 7.71. The number of hydrogen-bond donors (Lipinski definition) is 3. The average Bonchev–Trinajstić information content (AvgIpc) is 3.05. The van der Waals surface area contributed by atoms with Gasteiger partial charge in [-0.15, -0.1) is 0 Å². The molecule has 0 fully saturated rings. The Kier molecular flexibility index (Phi) is 3.63. The first-order valence-corrected chi connectivity index (χ1v) is 7.84. The number of pyridine rings is 1. The van der Waals surface area contributed by atoms with Crippen LogP contribution < -0.4 is 5.32 Å². The van der Waals surface area contributed by atoms with Crippen molar-refractivity contribution in [1.82, 2.24) is 9.97 Å². The first-order valence-electron chi connectivity index (χ1n) is 7.84. The summed E-state index contributed by atoms with van der Waals surface area (Å²) in [6.07, 6.45) is 3.80. The van der Waals surface area contributed by atoms with Crippen molar-refractivity contribution in [3.05, 3.63) is 90.3 Å². The Morgan fingerprint density at radius 2 is 1.71 bits per heavy atom. The molecule has 2 heterocycles. The van der Waals surface area contributed by atoms with Crippen LogP contribution >= 0.6 is 0 Å². The van der Waals surface area contributed by atoms with E-state index in [1.807, 2.05) is 48.7 Å². The molecule has 1 atom stereocenters. The van der Waals surface area contributed by atoms with E-state index in [4.69, 9.17) is 0 Å². The van der Waals surface area contributed by atoms with Gasteiger partial charge in [-0.2, -0.15) is 0 Å². The van der Waals surface area contributed by atoms with Gasteiger partial charge in [-0.3, -0.25) is 0 Å². The Morgan fingerprint density at radius 3 is 2.50 bits per heavy atom. The summed E-state index contributed by atoms with van der Waals surface area (Å²) in [6, 6.07) is 21.2. The van der Waals surface area contributed by atoms with Gasteiger partial charge >= 0.3 is 0 Å². The highest BCUT2D eigenvalue weighted by atomic mass is 16.3. The fraction of sp³-hybridized carbons (Fsp3) is 0.0500. The van der Waals surface area contributed by atoms with Gasteiger partial charge in [0.25, 0.3) is 0 Å². The highest BCUT2D eigenvalue weighted by Gasteiger charge is 2.18. The van der Waals surface area contributed by atoms with Crippen LogP contribution in [0.4, 0.5) is 5.82 Å². The molecule has 4 heteroatoms. The van der Waals surface area contributed by atoms with Crippen LogP contribution in [-0.2, 0) is 0 Å². The molecule has 4 rings (SSSR count). The number of benzene rings is 2. The molecule has 0 aliphatic heterocycles. The Balaban J connectivity index is 1.82. The van der Waals surface area contributed by atoms with Crippen LogP contribution in [0.2, 0.25) is 0 Å². The number of para-hydroxylation sites is 1. The number of aromatic amines is 1. The van der Waals surface area contributed by atoms with E-state index in [-0.39, 0.29) is 11.8 Å². The predicted molar refractivity (Wildman–Crippen MR) is 96.1 cm³/mol. The topological polar surface area (TPSA) is 60.9 Å². The van der Waals surface area contributed by atoms with E-state index in [9.17, 15) is 5.11 Å². The number of anilines is 1. The van der Waals surface area contributed by atoms with Crippen molar-refractivity contribution in [2.24, 2.45) is 0 Å². The monoisotopic (exact) mass is 315 g/mol.